The minimum Gasteiger partial charge on any atom is -0.452 e. The maximum Gasteiger partial charge on any atom is 0.345 e. The van der Waals surface area contributed by atoms with E-state index in [0.29, 0.717) is 6.29 Å². The van der Waals surface area contributed by atoms with Gasteiger partial charge in [-0.3, -0.25) is 4.79 Å². The number of fused-ring (bicyclic) bond motifs is 1. The number of rotatable bonds is 3. The maximum absolute atomic E-state index is 13.9. The van der Waals surface area contributed by atoms with Crippen LogP contribution in [0.15, 0.2) is 30.3 Å². The van der Waals surface area contributed by atoms with Crippen molar-refractivity contribution in [2.75, 3.05) is 0 Å². The maximum atomic E-state index is 13.9. The monoisotopic (exact) mass is 334 g/mol. The van der Waals surface area contributed by atoms with Gasteiger partial charge in [-0.1, -0.05) is 0 Å². The molecule has 1 aliphatic rings. The van der Waals surface area contributed by atoms with Crippen LogP contribution < -0.4 is 9.47 Å². The van der Waals surface area contributed by atoms with Gasteiger partial charge < -0.3 is 14.2 Å². The summed E-state index contributed by atoms with van der Waals surface area (Å²) >= 11 is 0. The van der Waals surface area contributed by atoms with Crippen LogP contribution in [-0.2, 0) is 4.74 Å². The number of hydrogen-bond acceptors (Lipinski definition) is 5. The third kappa shape index (κ3) is 2.92. The van der Waals surface area contributed by atoms with Crippen LogP contribution in [0.1, 0.15) is 34.6 Å². The highest BCUT2D eigenvalue weighted by atomic mass is 19.1. The molecule has 0 fully saturated rings. The van der Waals surface area contributed by atoms with Gasteiger partial charge in [0.15, 0.2) is 17.4 Å². The summed E-state index contributed by atoms with van der Waals surface area (Å²) in [5.41, 5.74) is 0.0366. The number of ether oxygens (including phenoxy) is 3. The van der Waals surface area contributed by atoms with E-state index in [1.807, 2.05) is 0 Å². The van der Waals surface area contributed by atoms with Crippen molar-refractivity contribution in [1.29, 1.82) is 0 Å². The van der Waals surface area contributed by atoms with Crippen LogP contribution in [0.4, 0.5) is 8.78 Å². The normalized spacial score (nSPS) is 15.1. The minimum atomic E-state index is -1.16. The summed E-state index contributed by atoms with van der Waals surface area (Å²) in [7, 11) is 0. The van der Waals surface area contributed by atoms with E-state index in [1.54, 1.807) is 13.8 Å². The number of carbonyl (C=O) groups excluding carboxylic acids is 2. The second-order valence-corrected chi connectivity index (χ2v) is 5.58. The van der Waals surface area contributed by atoms with Gasteiger partial charge in [0.2, 0.25) is 5.79 Å². The number of benzene rings is 2. The molecule has 5 nitrogen and oxygen atoms in total. The molecule has 124 valence electrons. The van der Waals surface area contributed by atoms with E-state index in [-0.39, 0.29) is 22.6 Å². The first-order chi connectivity index (χ1) is 11.3. The van der Waals surface area contributed by atoms with Crippen molar-refractivity contribution in [1.82, 2.24) is 0 Å². The largest absolute Gasteiger partial charge is 0.452 e. The predicted octanol–water partition coefficient (Wildman–Crippen LogP) is 3.85. The number of carbonyl (C=O) groups is 2. The van der Waals surface area contributed by atoms with Gasteiger partial charge in [-0.25, -0.2) is 13.6 Å². The number of esters is 1. The fraction of sp³-hybridized carbons (Fsp3) is 0.176. The molecule has 0 atom stereocenters. The van der Waals surface area contributed by atoms with Crippen LogP contribution in [0.2, 0.25) is 0 Å². The molecule has 0 saturated heterocycles. The Hall–Kier alpha value is -2.96. The highest BCUT2D eigenvalue weighted by Crippen LogP contribution is 2.36. The SMILES string of the molecule is CC1(C)OC(=O)c2ccc(Oc3c(F)cc(C=O)cc3F)cc2O1. The van der Waals surface area contributed by atoms with Crippen molar-refractivity contribution in [3.8, 4) is 17.2 Å². The fourth-order valence-corrected chi connectivity index (χ4v) is 2.25. The Morgan fingerprint density at radius 1 is 1.08 bits per heavy atom. The van der Waals surface area contributed by atoms with Crippen LogP contribution in [0.25, 0.3) is 0 Å². The van der Waals surface area contributed by atoms with Gasteiger partial charge in [0, 0.05) is 25.5 Å². The Morgan fingerprint density at radius 2 is 1.75 bits per heavy atom. The highest BCUT2D eigenvalue weighted by Gasteiger charge is 2.34. The van der Waals surface area contributed by atoms with Gasteiger partial charge in [-0.15, -0.1) is 0 Å². The van der Waals surface area contributed by atoms with Crippen molar-refractivity contribution in [3.63, 3.8) is 0 Å². The second-order valence-electron chi connectivity index (χ2n) is 5.58. The minimum absolute atomic E-state index is 0.0657. The molecule has 0 amide bonds. The summed E-state index contributed by atoms with van der Waals surface area (Å²) in [4.78, 5) is 22.5. The molecule has 0 N–H and O–H groups in total. The van der Waals surface area contributed by atoms with E-state index in [1.165, 1.54) is 18.2 Å². The number of cyclic esters (lactones) is 1. The Bertz CT molecular complexity index is 822. The molecule has 1 aliphatic heterocycles. The highest BCUT2D eigenvalue weighted by molar-refractivity contribution is 5.93. The molecule has 0 aromatic heterocycles. The molecule has 2 aromatic carbocycles. The van der Waals surface area contributed by atoms with Gasteiger partial charge in [0.1, 0.15) is 23.3 Å². The van der Waals surface area contributed by atoms with Crippen molar-refractivity contribution in [2.24, 2.45) is 0 Å². The molecule has 24 heavy (non-hydrogen) atoms. The molecule has 7 heteroatoms. The molecule has 0 spiro atoms. The van der Waals surface area contributed by atoms with Crippen molar-refractivity contribution < 1.29 is 32.6 Å². The topological polar surface area (TPSA) is 61.8 Å². The molecule has 3 rings (SSSR count). The lowest BCUT2D eigenvalue weighted by atomic mass is 10.1. The molecule has 0 radical (unpaired) electrons. The lowest BCUT2D eigenvalue weighted by Crippen LogP contribution is -2.38. The number of halogens is 2. The first-order valence-electron chi connectivity index (χ1n) is 6.97. The summed E-state index contributed by atoms with van der Waals surface area (Å²) in [6.07, 6.45) is 0.330. The summed E-state index contributed by atoms with van der Waals surface area (Å²) < 4.78 is 43.5. The van der Waals surface area contributed by atoms with E-state index in [0.717, 1.165) is 12.1 Å². The first kappa shape index (κ1) is 15.9. The Labute approximate surface area is 135 Å². The van der Waals surface area contributed by atoms with Gasteiger partial charge >= 0.3 is 5.97 Å². The van der Waals surface area contributed by atoms with Gasteiger partial charge in [-0.05, 0) is 24.3 Å². The van der Waals surface area contributed by atoms with Crippen molar-refractivity contribution >= 4 is 12.3 Å². The number of hydrogen-bond donors (Lipinski definition) is 0. The Morgan fingerprint density at radius 3 is 2.38 bits per heavy atom. The lowest BCUT2D eigenvalue weighted by Gasteiger charge is -2.31. The molecule has 0 bridgehead atoms. The second kappa shape index (κ2) is 5.59. The zero-order chi connectivity index (χ0) is 17.5. The van der Waals surface area contributed by atoms with E-state index in [9.17, 15) is 18.4 Å². The van der Waals surface area contributed by atoms with E-state index < -0.39 is 29.1 Å². The first-order valence-corrected chi connectivity index (χ1v) is 6.97. The van der Waals surface area contributed by atoms with Crippen molar-refractivity contribution in [3.05, 3.63) is 53.1 Å². The smallest absolute Gasteiger partial charge is 0.345 e. The van der Waals surface area contributed by atoms with E-state index in [2.05, 4.69) is 0 Å². The average molecular weight is 334 g/mol. The van der Waals surface area contributed by atoms with Crippen molar-refractivity contribution in [2.45, 2.75) is 19.6 Å². The predicted molar refractivity (Wildman–Crippen MR) is 78.4 cm³/mol. The summed E-state index contributed by atoms with van der Waals surface area (Å²) in [5, 5.41) is 0. The fourth-order valence-electron chi connectivity index (χ4n) is 2.25. The van der Waals surface area contributed by atoms with E-state index >= 15 is 0 Å². The van der Waals surface area contributed by atoms with Crippen LogP contribution in [0, 0.1) is 11.6 Å². The Balaban J connectivity index is 1.96. The zero-order valence-electron chi connectivity index (χ0n) is 12.8. The number of aldehydes is 1. The third-order valence-electron chi connectivity index (χ3n) is 3.24. The summed E-state index contributed by atoms with van der Waals surface area (Å²) in [6.45, 7) is 3.11. The molecule has 0 aliphatic carbocycles. The van der Waals surface area contributed by atoms with E-state index in [4.69, 9.17) is 14.2 Å². The van der Waals surface area contributed by atoms with Gasteiger partial charge in [-0.2, -0.15) is 0 Å². The summed E-state index contributed by atoms with van der Waals surface area (Å²) in [5.74, 6) is -4.18. The summed E-state index contributed by atoms with van der Waals surface area (Å²) in [6, 6.07) is 5.79. The molecular formula is C17H12F2O5. The zero-order valence-corrected chi connectivity index (χ0v) is 12.8. The van der Waals surface area contributed by atoms with Crippen LogP contribution in [0.5, 0.6) is 17.2 Å². The standard InChI is InChI=1S/C17H12F2O5/c1-17(2)23-14-7-10(3-4-11(14)16(21)24-17)22-15-12(18)5-9(8-20)6-13(15)19/h3-8H,1-2H3. The molecule has 1 heterocycles. The lowest BCUT2D eigenvalue weighted by molar-refractivity contribution is -0.127. The van der Waals surface area contributed by atoms with Gasteiger partial charge in [0.25, 0.3) is 0 Å². The quantitative estimate of drug-likeness (QED) is 0.630. The van der Waals surface area contributed by atoms with Crippen LogP contribution >= 0.6 is 0 Å². The molecule has 0 unspecified atom stereocenters. The van der Waals surface area contributed by atoms with Gasteiger partial charge in [0.05, 0.1) is 0 Å². The average Bonchev–Trinajstić information content (AvgIpc) is 2.49. The molecule has 0 saturated carbocycles. The Kier molecular flexibility index (Phi) is 3.71. The third-order valence-corrected chi connectivity index (χ3v) is 3.24. The molecule has 2 aromatic rings. The van der Waals surface area contributed by atoms with Crippen LogP contribution in [-0.4, -0.2) is 18.0 Å². The molecular weight excluding hydrogens is 322 g/mol. The van der Waals surface area contributed by atoms with Crippen LogP contribution in [0.3, 0.4) is 0 Å².